The lowest BCUT2D eigenvalue weighted by atomic mass is 10.00. The monoisotopic (exact) mass is 288 g/mol. The van der Waals surface area contributed by atoms with Crippen molar-refractivity contribution in [2.45, 2.75) is 26.8 Å². The number of hydrogen-bond donors (Lipinski definition) is 1. The van der Waals surface area contributed by atoms with E-state index in [-0.39, 0.29) is 6.04 Å². The zero-order valence-corrected chi connectivity index (χ0v) is 12.2. The summed E-state index contributed by atoms with van der Waals surface area (Å²) in [6, 6.07) is 9.98. The van der Waals surface area contributed by atoms with E-state index in [1.807, 2.05) is 32.9 Å². The van der Waals surface area contributed by atoms with Crippen molar-refractivity contribution >= 4 is 11.4 Å². The first-order valence-electron chi connectivity index (χ1n) is 6.66. The molecule has 1 unspecified atom stereocenters. The molecule has 0 aliphatic heterocycles. The number of nitro benzene ring substituents is 1. The molecule has 0 saturated carbocycles. The average Bonchev–Trinajstić information content (AvgIpc) is 2.41. The minimum Gasteiger partial charge on any atom is -0.378 e. The summed E-state index contributed by atoms with van der Waals surface area (Å²) in [5.74, 6) is -0.835. The van der Waals surface area contributed by atoms with Crippen LogP contribution in [0, 0.1) is 29.8 Å². The molecule has 2 rings (SSSR count). The van der Waals surface area contributed by atoms with Crippen LogP contribution in [0.25, 0.3) is 0 Å². The number of hydrogen-bond acceptors (Lipinski definition) is 3. The molecular weight excluding hydrogens is 271 g/mol. The Hall–Kier alpha value is -2.43. The second-order valence-corrected chi connectivity index (χ2v) is 5.15. The maximum Gasteiger partial charge on any atom is 0.304 e. The summed E-state index contributed by atoms with van der Waals surface area (Å²) >= 11 is 0. The molecule has 1 N–H and O–H groups in total. The summed E-state index contributed by atoms with van der Waals surface area (Å²) in [5, 5.41) is 13.8. The molecule has 1 atom stereocenters. The van der Waals surface area contributed by atoms with E-state index in [0.717, 1.165) is 22.8 Å². The van der Waals surface area contributed by atoms with Crippen LogP contribution in [0.2, 0.25) is 0 Å². The fourth-order valence-electron chi connectivity index (χ4n) is 2.30. The lowest BCUT2D eigenvalue weighted by Crippen LogP contribution is -2.09. The van der Waals surface area contributed by atoms with Crippen molar-refractivity contribution in [1.82, 2.24) is 0 Å². The molecule has 110 valence electrons. The Bertz CT molecular complexity index is 686. The molecular formula is C16H17FN2O2. The zero-order chi connectivity index (χ0) is 15.6. The van der Waals surface area contributed by atoms with Crippen molar-refractivity contribution in [3.05, 3.63) is 69.0 Å². The second kappa shape index (κ2) is 5.91. The highest BCUT2D eigenvalue weighted by Gasteiger charge is 2.15. The predicted octanol–water partition coefficient (Wildman–Crippen LogP) is 4.52. The highest BCUT2D eigenvalue weighted by molar-refractivity contribution is 5.51. The van der Waals surface area contributed by atoms with E-state index in [9.17, 15) is 14.5 Å². The molecule has 2 aromatic carbocycles. The molecule has 4 nitrogen and oxygen atoms in total. The molecule has 0 radical (unpaired) electrons. The number of rotatable bonds is 4. The average molecular weight is 288 g/mol. The van der Waals surface area contributed by atoms with Crippen LogP contribution in [0.3, 0.4) is 0 Å². The molecule has 21 heavy (non-hydrogen) atoms. The SMILES string of the molecule is Cc1ccc(C)c(C(C)Nc2ccc([N+](=O)[O-])c(F)c2)c1. The maximum atomic E-state index is 13.6. The number of nitro groups is 1. The molecule has 0 aliphatic carbocycles. The Labute approximate surface area is 122 Å². The van der Waals surface area contributed by atoms with Gasteiger partial charge in [-0.3, -0.25) is 10.1 Å². The summed E-state index contributed by atoms with van der Waals surface area (Å²) in [5.41, 5.74) is 3.42. The Morgan fingerprint density at radius 2 is 1.90 bits per heavy atom. The van der Waals surface area contributed by atoms with E-state index in [1.165, 1.54) is 12.1 Å². The smallest absolute Gasteiger partial charge is 0.304 e. The van der Waals surface area contributed by atoms with Crippen molar-refractivity contribution in [3.8, 4) is 0 Å². The minimum absolute atomic E-state index is 0.0224. The van der Waals surface area contributed by atoms with Gasteiger partial charge in [-0.2, -0.15) is 4.39 Å². The molecule has 0 bridgehead atoms. The first-order valence-corrected chi connectivity index (χ1v) is 6.66. The molecule has 0 heterocycles. The van der Waals surface area contributed by atoms with Crippen LogP contribution >= 0.6 is 0 Å². The van der Waals surface area contributed by atoms with Gasteiger partial charge in [-0.25, -0.2) is 0 Å². The van der Waals surface area contributed by atoms with Crippen molar-refractivity contribution in [1.29, 1.82) is 0 Å². The van der Waals surface area contributed by atoms with Crippen molar-refractivity contribution in [3.63, 3.8) is 0 Å². The topological polar surface area (TPSA) is 55.2 Å². The van der Waals surface area contributed by atoms with E-state index in [1.54, 1.807) is 0 Å². The number of nitrogens with zero attached hydrogens (tertiary/aromatic N) is 1. The van der Waals surface area contributed by atoms with Crippen LogP contribution in [0.1, 0.15) is 29.7 Å². The Kier molecular flexibility index (Phi) is 4.21. The lowest BCUT2D eigenvalue weighted by molar-refractivity contribution is -0.387. The Morgan fingerprint density at radius 3 is 2.52 bits per heavy atom. The first kappa shape index (κ1) is 15.0. The summed E-state index contributed by atoms with van der Waals surface area (Å²) in [6.45, 7) is 6.01. The van der Waals surface area contributed by atoms with Gasteiger partial charge < -0.3 is 5.32 Å². The van der Waals surface area contributed by atoms with Gasteiger partial charge in [0.25, 0.3) is 0 Å². The third-order valence-electron chi connectivity index (χ3n) is 3.43. The van der Waals surface area contributed by atoms with Crippen molar-refractivity contribution in [2.75, 3.05) is 5.32 Å². The number of nitrogens with one attached hydrogen (secondary N) is 1. The van der Waals surface area contributed by atoms with Gasteiger partial charge >= 0.3 is 5.69 Å². The fourth-order valence-corrected chi connectivity index (χ4v) is 2.30. The minimum atomic E-state index is -0.835. The van der Waals surface area contributed by atoms with E-state index < -0.39 is 16.4 Å². The molecule has 0 amide bonds. The Morgan fingerprint density at radius 1 is 1.19 bits per heavy atom. The summed E-state index contributed by atoms with van der Waals surface area (Å²) in [6.07, 6.45) is 0. The highest BCUT2D eigenvalue weighted by atomic mass is 19.1. The van der Waals surface area contributed by atoms with Gasteiger partial charge in [0, 0.05) is 23.9 Å². The van der Waals surface area contributed by atoms with Gasteiger partial charge in [0.05, 0.1) is 4.92 Å². The highest BCUT2D eigenvalue weighted by Crippen LogP contribution is 2.26. The number of anilines is 1. The van der Waals surface area contributed by atoms with Crippen LogP contribution in [0.15, 0.2) is 36.4 Å². The summed E-state index contributed by atoms with van der Waals surface area (Å²) in [7, 11) is 0. The maximum absolute atomic E-state index is 13.6. The second-order valence-electron chi connectivity index (χ2n) is 5.15. The Balaban J connectivity index is 2.23. The fraction of sp³-hybridized carbons (Fsp3) is 0.250. The van der Waals surface area contributed by atoms with Gasteiger partial charge in [0.1, 0.15) is 0 Å². The molecule has 0 saturated heterocycles. The van der Waals surface area contributed by atoms with E-state index >= 15 is 0 Å². The van der Waals surface area contributed by atoms with Gasteiger partial charge in [-0.1, -0.05) is 23.8 Å². The molecule has 0 fully saturated rings. The largest absolute Gasteiger partial charge is 0.378 e. The third-order valence-corrected chi connectivity index (χ3v) is 3.43. The van der Waals surface area contributed by atoms with E-state index in [4.69, 9.17) is 0 Å². The van der Waals surface area contributed by atoms with Crippen LogP contribution < -0.4 is 5.32 Å². The number of benzene rings is 2. The van der Waals surface area contributed by atoms with Gasteiger partial charge in [0.2, 0.25) is 5.82 Å². The van der Waals surface area contributed by atoms with Crippen LogP contribution in [-0.2, 0) is 0 Å². The standard InChI is InChI=1S/C16H17FN2O2/c1-10-4-5-11(2)14(8-10)12(3)18-13-6-7-16(19(20)21)15(17)9-13/h4-9,12,18H,1-3H3. The molecule has 0 aliphatic rings. The zero-order valence-electron chi connectivity index (χ0n) is 12.2. The van der Waals surface area contributed by atoms with E-state index in [2.05, 4.69) is 11.4 Å². The third kappa shape index (κ3) is 3.37. The molecule has 2 aromatic rings. The summed E-state index contributed by atoms with van der Waals surface area (Å²) in [4.78, 5) is 9.88. The van der Waals surface area contributed by atoms with Crippen molar-refractivity contribution in [2.24, 2.45) is 0 Å². The first-order chi connectivity index (χ1) is 9.88. The van der Waals surface area contributed by atoms with E-state index in [0.29, 0.717) is 5.69 Å². The molecule has 0 spiro atoms. The van der Waals surface area contributed by atoms with Crippen molar-refractivity contribution < 1.29 is 9.31 Å². The van der Waals surface area contributed by atoms with Crippen LogP contribution in [-0.4, -0.2) is 4.92 Å². The lowest BCUT2D eigenvalue weighted by Gasteiger charge is -2.18. The van der Waals surface area contributed by atoms with Crippen LogP contribution in [0.5, 0.6) is 0 Å². The number of halogens is 1. The predicted molar refractivity (Wildman–Crippen MR) is 81.0 cm³/mol. The van der Waals surface area contributed by atoms with Crippen LogP contribution in [0.4, 0.5) is 15.8 Å². The quantitative estimate of drug-likeness (QED) is 0.664. The molecule has 0 aromatic heterocycles. The van der Waals surface area contributed by atoms with Gasteiger partial charge in [-0.15, -0.1) is 0 Å². The number of aryl methyl sites for hydroxylation is 2. The molecule has 5 heteroatoms. The van der Waals surface area contributed by atoms with Gasteiger partial charge in [-0.05, 0) is 38.0 Å². The van der Waals surface area contributed by atoms with Gasteiger partial charge in [0.15, 0.2) is 0 Å². The normalized spacial score (nSPS) is 12.0. The summed E-state index contributed by atoms with van der Waals surface area (Å²) < 4.78 is 13.6.